The molecule has 0 saturated carbocycles. The molecule has 2 aromatic rings. The highest BCUT2D eigenvalue weighted by Crippen LogP contribution is 2.37. The first-order chi connectivity index (χ1) is 8.95. The zero-order valence-corrected chi connectivity index (χ0v) is 12.3. The molecule has 0 unspecified atom stereocenters. The highest BCUT2D eigenvalue weighted by molar-refractivity contribution is 9.10. The van der Waals surface area contributed by atoms with Gasteiger partial charge in [-0.15, -0.1) is 0 Å². The van der Waals surface area contributed by atoms with Crippen molar-refractivity contribution in [2.45, 2.75) is 6.55 Å². The second-order valence-electron chi connectivity index (χ2n) is 3.63. The van der Waals surface area contributed by atoms with Crippen LogP contribution in [0.3, 0.4) is 0 Å². The smallest absolute Gasteiger partial charge is 0.283 e. The van der Waals surface area contributed by atoms with E-state index in [0.29, 0.717) is 25.7 Å². The number of aromatic nitrogens is 1. The lowest BCUT2D eigenvalue weighted by Crippen LogP contribution is -1.95. The maximum Gasteiger partial charge on any atom is 0.319 e. The van der Waals surface area contributed by atoms with E-state index in [2.05, 4.69) is 15.9 Å². The van der Waals surface area contributed by atoms with Gasteiger partial charge >= 0.3 is 6.55 Å². The predicted molar refractivity (Wildman–Crippen MR) is 73.6 cm³/mol. The van der Waals surface area contributed by atoms with Crippen LogP contribution in [0.1, 0.15) is 12.1 Å². The Bertz CT molecular complexity index is 677. The van der Waals surface area contributed by atoms with Gasteiger partial charge in [-0.2, -0.15) is 14.0 Å². The van der Waals surface area contributed by atoms with Crippen LogP contribution in [0.2, 0.25) is 10.0 Å². The number of rotatable bonds is 2. The lowest BCUT2D eigenvalue weighted by atomic mass is 10.1. The summed E-state index contributed by atoms with van der Waals surface area (Å²) in [7, 11) is 0. The summed E-state index contributed by atoms with van der Waals surface area (Å²) in [5, 5.41) is 9.68. The van der Waals surface area contributed by atoms with Gasteiger partial charge in [-0.3, -0.25) is 4.57 Å². The van der Waals surface area contributed by atoms with Crippen molar-refractivity contribution in [3.8, 4) is 17.2 Å². The Morgan fingerprint density at radius 2 is 1.95 bits per heavy atom. The molecule has 0 atom stereocenters. The molecule has 0 aliphatic rings. The molecule has 7 heteroatoms. The van der Waals surface area contributed by atoms with Crippen LogP contribution in [0.25, 0.3) is 11.1 Å². The van der Waals surface area contributed by atoms with E-state index in [4.69, 9.17) is 28.5 Å². The molecular formula is C12H5BrCl2F2N2. The molecule has 2 nitrogen and oxygen atoms in total. The summed E-state index contributed by atoms with van der Waals surface area (Å²) < 4.78 is 26.4. The maximum atomic E-state index is 12.8. The van der Waals surface area contributed by atoms with Gasteiger partial charge in [0.2, 0.25) is 0 Å². The highest BCUT2D eigenvalue weighted by atomic mass is 79.9. The molecule has 1 heterocycles. The van der Waals surface area contributed by atoms with Crippen LogP contribution in [-0.2, 0) is 0 Å². The van der Waals surface area contributed by atoms with Gasteiger partial charge in [-0.1, -0.05) is 29.3 Å². The zero-order chi connectivity index (χ0) is 14.2. The third-order valence-electron chi connectivity index (χ3n) is 2.51. The van der Waals surface area contributed by atoms with Crippen molar-refractivity contribution in [1.29, 1.82) is 5.26 Å². The van der Waals surface area contributed by atoms with Crippen LogP contribution < -0.4 is 0 Å². The van der Waals surface area contributed by atoms with Crippen molar-refractivity contribution in [1.82, 2.24) is 4.57 Å². The first kappa shape index (κ1) is 14.3. The Balaban J connectivity index is 2.67. The molecule has 1 aromatic heterocycles. The van der Waals surface area contributed by atoms with Crippen molar-refractivity contribution < 1.29 is 8.78 Å². The molecule has 0 aliphatic heterocycles. The first-order valence-electron chi connectivity index (χ1n) is 4.99. The van der Waals surface area contributed by atoms with Crippen molar-refractivity contribution >= 4 is 39.1 Å². The van der Waals surface area contributed by atoms with Crippen molar-refractivity contribution in [2.24, 2.45) is 0 Å². The molecule has 19 heavy (non-hydrogen) atoms. The summed E-state index contributed by atoms with van der Waals surface area (Å²) in [6.45, 7) is -2.74. The minimum atomic E-state index is -2.74. The van der Waals surface area contributed by atoms with Gasteiger partial charge in [0, 0.05) is 11.8 Å². The monoisotopic (exact) mass is 364 g/mol. The predicted octanol–water partition coefficient (Wildman–Crippen LogP) is 5.49. The van der Waals surface area contributed by atoms with Crippen LogP contribution in [0.4, 0.5) is 8.78 Å². The zero-order valence-electron chi connectivity index (χ0n) is 9.17. The number of hydrogen-bond donors (Lipinski definition) is 0. The minimum absolute atomic E-state index is 0.123. The van der Waals surface area contributed by atoms with E-state index < -0.39 is 6.55 Å². The molecule has 0 aliphatic carbocycles. The summed E-state index contributed by atoms with van der Waals surface area (Å²) in [6.07, 6.45) is 1.09. The summed E-state index contributed by atoms with van der Waals surface area (Å²) in [5.41, 5.74) is 1.03. The molecular weight excluding hydrogens is 361 g/mol. The fourth-order valence-electron chi connectivity index (χ4n) is 1.65. The van der Waals surface area contributed by atoms with Crippen LogP contribution >= 0.6 is 39.1 Å². The standard InChI is InChI=1S/C12H5BrCl2F2N2/c13-11-10(6-1-2-8(14)9(15)3-6)7(4-18)5-19(11)12(16)17/h1-3,5,12H. The average molecular weight is 366 g/mol. The van der Waals surface area contributed by atoms with E-state index in [1.165, 1.54) is 6.07 Å². The topological polar surface area (TPSA) is 28.7 Å². The van der Waals surface area contributed by atoms with Crippen LogP contribution in [-0.4, -0.2) is 4.57 Å². The molecule has 0 N–H and O–H groups in total. The lowest BCUT2D eigenvalue weighted by Gasteiger charge is -2.05. The number of nitriles is 1. The molecule has 0 bridgehead atoms. The summed E-state index contributed by atoms with van der Waals surface area (Å²) in [4.78, 5) is 0. The quantitative estimate of drug-likeness (QED) is 0.691. The minimum Gasteiger partial charge on any atom is -0.283 e. The van der Waals surface area contributed by atoms with Gasteiger partial charge in [0.05, 0.1) is 20.2 Å². The van der Waals surface area contributed by atoms with Crippen molar-refractivity contribution in [3.63, 3.8) is 0 Å². The maximum absolute atomic E-state index is 12.8. The van der Waals surface area contributed by atoms with Gasteiger partial charge in [0.1, 0.15) is 6.07 Å². The largest absolute Gasteiger partial charge is 0.319 e. The van der Waals surface area contributed by atoms with E-state index in [0.717, 1.165) is 6.20 Å². The van der Waals surface area contributed by atoms with E-state index in [1.54, 1.807) is 12.1 Å². The van der Waals surface area contributed by atoms with Crippen LogP contribution in [0.15, 0.2) is 29.0 Å². The first-order valence-corrected chi connectivity index (χ1v) is 6.54. The number of benzene rings is 1. The SMILES string of the molecule is N#Cc1cn(C(F)F)c(Br)c1-c1ccc(Cl)c(Cl)c1. The van der Waals surface area contributed by atoms with Crippen LogP contribution in [0, 0.1) is 11.3 Å². The lowest BCUT2D eigenvalue weighted by molar-refractivity contribution is 0.0685. The van der Waals surface area contributed by atoms with E-state index >= 15 is 0 Å². The molecule has 0 fully saturated rings. The fourth-order valence-corrected chi connectivity index (χ4v) is 2.65. The fraction of sp³-hybridized carbons (Fsp3) is 0.0833. The number of halogens is 5. The summed E-state index contributed by atoms with van der Waals surface area (Å²) in [6, 6.07) is 6.58. The van der Waals surface area contributed by atoms with E-state index in [1.807, 2.05) is 6.07 Å². The Kier molecular flexibility index (Phi) is 4.14. The second kappa shape index (κ2) is 5.49. The molecule has 1 aromatic carbocycles. The normalized spacial score (nSPS) is 10.8. The molecule has 0 saturated heterocycles. The Hall–Kier alpha value is -1.09. The number of hydrogen-bond acceptors (Lipinski definition) is 1. The third kappa shape index (κ3) is 2.62. The van der Waals surface area contributed by atoms with Crippen LogP contribution in [0.5, 0.6) is 0 Å². The Labute approximate surface area is 126 Å². The van der Waals surface area contributed by atoms with Gasteiger partial charge in [-0.25, -0.2) is 0 Å². The molecule has 2 rings (SSSR count). The molecule has 0 amide bonds. The highest BCUT2D eigenvalue weighted by Gasteiger charge is 2.20. The Morgan fingerprint density at radius 3 is 2.47 bits per heavy atom. The average Bonchev–Trinajstić information content (AvgIpc) is 2.70. The number of alkyl halides is 2. The second-order valence-corrected chi connectivity index (χ2v) is 5.20. The molecule has 98 valence electrons. The molecule has 0 spiro atoms. The Morgan fingerprint density at radius 1 is 1.26 bits per heavy atom. The number of nitrogens with zero attached hydrogens (tertiary/aromatic N) is 2. The van der Waals surface area contributed by atoms with Crippen molar-refractivity contribution in [2.75, 3.05) is 0 Å². The summed E-state index contributed by atoms with van der Waals surface area (Å²) in [5.74, 6) is 0. The van der Waals surface area contributed by atoms with E-state index in [-0.39, 0.29) is 10.2 Å². The molecule has 0 radical (unpaired) electrons. The summed E-state index contributed by atoms with van der Waals surface area (Å²) >= 11 is 14.8. The van der Waals surface area contributed by atoms with Gasteiger partial charge < -0.3 is 0 Å². The third-order valence-corrected chi connectivity index (χ3v) is 4.05. The van der Waals surface area contributed by atoms with Gasteiger partial charge in [0.15, 0.2) is 0 Å². The van der Waals surface area contributed by atoms with Crippen molar-refractivity contribution in [3.05, 3.63) is 44.6 Å². The van der Waals surface area contributed by atoms with Gasteiger partial charge in [-0.05, 0) is 33.6 Å². The van der Waals surface area contributed by atoms with Gasteiger partial charge in [0.25, 0.3) is 0 Å². The van der Waals surface area contributed by atoms with E-state index in [9.17, 15) is 8.78 Å².